The van der Waals surface area contributed by atoms with Crippen LogP contribution >= 0.6 is 0 Å². The van der Waals surface area contributed by atoms with Crippen molar-refractivity contribution in [3.8, 4) is 23.0 Å². The second kappa shape index (κ2) is 8.09. The summed E-state index contributed by atoms with van der Waals surface area (Å²) in [6.07, 6.45) is 1.39. The molecule has 2 aromatic carbocycles. The van der Waals surface area contributed by atoms with E-state index in [2.05, 4.69) is 15.8 Å². The highest BCUT2D eigenvalue weighted by molar-refractivity contribution is 5.97. The van der Waals surface area contributed by atoms with Crippen LogP contribution in [0.2, 0.25) is 0 Å². The molecule has 1 heterocycles. The molecule has 1 aliphatic heterocycles. The van der Waals surface area contributed by atoms with Crippen LogP contribution in [0.25, 0.3) is 0 Å². The molecule has 2 amide bonds. The molecule has 0 atom stereocenters. The lowest BCUT2D eigenvalue weighted by Crippen LogP contribution is -2.34. The Kier molecular flexibility index (Phi) is 5.41. The van der Waals surface area contributed by atoms with Gasteiger partial charge in [-0.1, -0.05) is 0 Å². The number of hydrogen-bond donors (Lipinski definition) is 3. The third kappa shape index (κ3) is 4.46. The first kappa shape index (κ1) is 18.1. The maximum atomic E-state index is 12.1. The largest absolute Gasteiger partial charge is 0.504 e. The van der Waals surface area contributed by atoms with E-state index >= 15 is 0 Å². The minimum atomic E-state index is -0.494. The number of hydrogen-bond acceptors (Lipinski definition) is 7. The third-order valence-electron chi connectivity index (χ3n) is 3.65. The van der Waals surface area contributed by atoms with E-state index in [1.807, 2.05) is 0 Å². The Bertz CT molecular complexity index is 897. The molecule has 0 radical (unpaired) electrons. The molecule has 0 aromatic heterocycles. The molecule has 2 aromatic rings. The number of hydrazone groups is 1. The summed E-state index contributed by atoms with van der Waals surface area (Å²) in [7, 11) is 1.43. The number of carbonyl (C=O) groups is 2. The topological polar surface area (TPSA) is 118 Å². The Hall–Kier alpha value is -3.75. The number of methoxy groups -OCH3 is 1. The van der Waals surface area contributed by atoms with Crippen LogP contribution in [-0.4, -0.2) is 43.6 Å². The van der Waals surface area contributed by atoms with Crippen LogP contribution in [0.5, 0.6) is 23.0 Å². The fourth-order valence-corrected chi connectivity index (χ4v) is 2.29. The van der Waals surface area contributed by atoms with Gasteiger partial charge in [0.1, 0.15) is 0 Å². The molecule has 0 fully saturated rings. The average Bonchev–Trinajstić information content (AvgIpc) is 3.15. The first-order chi connectivity index (χ1) is 13.1. The fraction of sp³-hybridized carbons (Fsp3) is 0.167. The van der Waals surface area contributed by atoms with Gasteiger partial charge in [0.05, 0.1) is 19.9 Å². The van der Waals surface area contributed by atoms with Crippen LogP contribution in [0, 0.1) is 0 Å². The maximum absolute atomic E-state index is 12.1. The molecule has 9 heteroatoms. The predicted octanol–water partition coefficient (Wildman–Crippen LogP) is 1.01. The summed E-state index contributed by atoms with van der Waals surface area (Å²) in [5.41, 5.74) is 3.27. The van der Waals surface area contributed by atoms with Crippen molar-refractivity contribution in [2.75, 3.05) is 20.4 Å². The molecule has 0 bridgehead atoms. The molecular formula is C18H17N3O6. The molecule has 0 unspecified atom stereocenters. The van der Waals surface area contributed by atoms with E-state index in [0.29, 0.717) is 28.4 Å². The Labute approximate surface area is 154 Å². The van der Waals surface area contributed by atoms with Crippen molar-refractivity contribution in [1.82, 2.24) is 10.7 Å². The van der Waals surface area contributed by atoms with Gasteiger partial charge in [0.25, 0.3) is 11.8 Å². The maximum Gasteiger partial charge on any atom is 0.259 e. The van der Waals surface area contributed by atoms with E-state index in [0.717, 1.165) is 0 Å². The quantitative estimate of drug-likeness (QED) is 0.515. The van der Waals surface area contributed by atoms with Crippen LogP contribution in [0.15, 0.2) is 41.5 Å². The highest BCUT2D eigenvalue weighted by atomic mass is 16.7. The molecule has 140 valence electrons. The minimum Gasteiger partial charge on any atom is -0.504 e. The lowest BCUT2D eigenvalue weighted by atomic mass is 10.2. The van der Waals surface area contributed by atoms with Gasteiger partial charge in [0.2, 0.25) is 6.79 Å². The van der Waals surface area contributed by atoms with Crippen molar-refractivity contribution < 1.29 is 28.9 Å². The van der Waals surface area contributed by atoms with Crippen LogP contribution in [0.1, 0.15) is 15.9 Å². The minimum absolute atomic E-state index is 0.00455. The van der Waals surface area contributed by atoms with Crippen LogP contribution in [0.4, 0.5) is 0 Å². The summed E-state index contributed by atoms with van der Waals surface area (Å²) in [6.45, 7) is -0.128. The zero-order chi connectivity index (χ0) is 19.2. The molecule has 0 saturated carbocycles. The van der Waals surface area contributed by atoms with Gasteiger partial charge < -0.3 is 24.6 Å². The number of carbonyl (C=O) groups excluding carboxylic acids is 2. The van der Waals surface area contributed by atoms with Crippen molar-refractivity contribution in [1.29, 1.82) is 0 Å². The van der Waals surface area contributed by atoms with E-state index in [9.17, 15) is 14.7 Å². The van der Waals surface area contributed by atoms with Gasteiger partial charge in [-0.25, -0.2) is 5.43 Å². The van der Waals surface area contributed by atoms with Crippen molar-refractivity contribution in [3.63, 3.8) is 0 Å². The highest BCUT2D eigenvalue weighted by Gasteiger charge is 2.16. The third-order valence-corrected chi connectivity index (χ3v) is 3.65. The van der Waals surface area contributed by atoms with E-state index in [4.69, 9.17) is 14.2 Å². The van der Waals surface area contributed by atoms with Crippen LogP contribution in [0.3, 0.4) is 0 Å². The smallest absolute Gasteiger partial charge is 0.259 e. The van der Waals surface area contributed by atoms with Gasteiger partial charge in [0.15, 0.2) is 23.0 Å². The Balaban J connectivity index is 1.49. The van der Waals surface area contributed by atoms with E-state index in [1.165, 1.54) is 19.4 Å². The van der Waals surface area contributed by atoms with Gasteiger partial charge in [0, 0.05) is 5.56 Å². The van der Waals surface area contributed by atoms with Crippen molar-refractivity contribution in [2.45, 2.75) is 0 Å². The molecule has 0 saturated heterocycles. The molecule has 3 rings (SSSR count). The van der Waals surface area contributed by atoms with Gasteiger partial charge in [-0.05, 0) is 42.0 Å². The summed E-state index contributed by atoms with van der Waals surface area (Å²) >= 11 is 0. The standard InChI is InChI=1S/C18H17N3O6/c1-25-15-6-11(2-4-13(15)22)8-20-21-17(23)9-19-18(24)12-3-5-14-16(7-12)27-10-26-14/h2-8,22H,9-10H2,1H3,(H,19,24)(H,21,23)/b20-8+. The summed E-state index contributed by atoms with van der Waals surface area (Å²) < 4.78 is 15.4. The Morgan fingerprint density at radius 1 is 1.22 bits per heavy atom. The number of rotatable bonds is 6. The molecular weight excluding hydrogens is 354 g/mol. The number of amides is 2. The van der Waals surface area contributed by atoms with Gasteiger partial charge in [-0.3, -0.25) is 9.59 Å². The number of nitrogens with one attached hydrogen (secondary N) is 2. The first-order valence-corrected chi connectivity index (χ1v) is 7.93. The zero-order valence-electron chi connectivity index (χ0n) is 14.4. The SMILES string of the molecule is COc1cc(/C=N/NC(=O)CNC(=O)c2ccc3c(c2)OCO3)ccc1O. The highest BCUT2D eigenvalue weighted by Crippen LogP contribution is 2.32. The molecule has 9 nitrogen and oxygen atoms in total. The summed E-state index contributed by atoms with van der Waals surface area (Å²) in [6, 6.07) is 9.38. The van der Waals surface area contributed by atoms with Gasteiger partial charge >= 0.3 is 0 Å². The number of phenolic OH excluding ortho intramolecular Hbond substituents is 1. The lowest BCUT2D eigenvalue weighted by molar-refractivity contribution is -0.120. The molecule has 3 N–H and O–H groups in total. The summed E-state index contributed by atoms with van der Waals surface area (Å²) in [5, 5.41) is 15.8. The number of benzene rings is 2. The Morgan fingerprint density at radius 3 is 2.85 bits per heavy atom. The monoisotopic (exact) mass is 371 g/mol. The normalized spacial score (nSPS) is 12.0. The number of aromatic hydroxyl groups is 1. The zero-order valence-corrected chi connectivity index (χ0v) is 14.4. The number of nitrogens with zero attached hydrogens (tertiary/aromatic N) is 1. The number of fused-ring (bicyclic) bond motifs is 1. The van der Waals surface area contributed by atoms with Crippen LogP contribution < -0.4 is 25.0 Å². The van der Waals surface area contributed by atoms with E-state index in [1.54, 1.807) is 30.3 Å². The average molecular weight is 371 g/mol. The second-order valence-electron chi connectivity index (χ2n) is 5.48. The number of phenols is 1. The molecule has 1 aliphatic rings. The van der Waals surface area contributed by atoms with Crippen LogP contribution in [-0.2, 0) is 4.79 Å². The lowest BCUT2D eigenvalue weighted by Gasteiger charge is -2.05. The second-order valence-corrected chi connectivity index (χ2v) is 5.48. The molecule has 0 aliphatic carbocycles. The van der Waals surface area contributed by atoms with Crippen molar-refractivity contribution in [3.05, 3.63) is 47.5 Å². The Morgan fingerprint density at radius 2 is 2.04 bits per heavy atom. The van der Waals surface area contributed by atoms with Crippen molar-refractivity contribution in [2.24, 2.45) is 5.10 Å². The summed E-state index contributed by atoms with van der Waals surface area (Å²) in [5.74, 6) is 0.443. The van der Waals surface area contributed by atoms with E-state index < -0.39 is 11.8 Å². The summed E-state index contributed by atoms with van der Waals surface area (Å²) in [4.78, 5) is 23.9. The van der Waals surface area contributed by atoms with Gasteiger partial charge in [-0.2, -0.15) is 5.10 Å². The fourth-order valence-electron chi connectivity index (χ4n) is 2.29. The van der Waals surface area contributed by atoms with E-state index in [-0.39, 0.29) is 19.1 Å². The van der Waals surface area contributed by atoms with Crippen molar-refractivity contribution >= 4 is 18.0 Å². The number of ether oxygens (including phenoxy) is 3. The molecule has 0 spiro atoms. The predicted molar refractivity (Wildman–Crippen MR) is 95.3 cm³/mol. The van der Waals surface area contributed by atoms with Gasteiger partial charge in [-0.15, -0.1) is 0 Å². The molecule has 27 heavy (non-hydrogen) atoms. The first-order valence-electron chi connectivity index (χ1n) is 7.93.